The van der Waals surface area contributed by atoms with E-state index in [9.17, 15) is 24.6 Å². The first-order chi connectivity index (χ1) is 9.04. The monoisotopic (exact) mass is 327 g/mol. The highest BCUT2D eigenvalue weighted by Crippen LogP contribution is 2.28. The molecule has 20 heavy (non-hydrogen) atoms. The minimum Gasteiger partial charge on any atom is -0.358 e. The van der Waals surface area contributed by atoms with Crippen LogP contribution in [0.15, 0.2) is 22.1 Å². The van der Waals surface area contributed by atoms with Gasteiger partial charge in [0.15, 0.2) is 0 Å². The number of benzene rings is 1. The van der Waals surface area contributed by atoms with Gasteiger partial charge in [-0.05, 0) is 29.6 Å². The molecule has 0 radical (unpaired) electrons. The third-order valence-corrected chi connectivity index (χ3v) is 3.54. The van der Waals surface area contributed by atoms with E-state index < -0.39 is 37.9 Å². The molecule has 1 aromatic carbocycles. The van der Waals surface area contributed by atoms with Gasteiger partial charge in [-0.3, -0.25) is 0 Å². The summed E-state index contributed by atoms with van der Waals surface area (Å²) in [6.45, 7) is 0.816. The van der Waals surface area contributed by atoms with Crippen molar-refractivity contribution in [2.45, 2.75) is 18.4 Å². The van der Waals surface area contributed by atoms with E-state index >= 15 is 0 Å². The molecule has 0 saturated carbocycles. The van der Waals surface area contributed by atoms with Gasteiger partial charge in [0, 0.05) is 11.0 Å². The SMILES string of the molecule is Cc1c(CN=[N+]=[N-])cc(OS(=O)(=O)F)cc1S(=O)(=O)F. The van der Waals surface area contributed by atoms with Crippen molar-refractivity contribution in [2.24, 2.45) is 5.11 Å². The Morgan fingerprint density at radius 3 is 2.35 bits per heavy atom. The average molecular weight is 327 g/mol. The average Bonchev–Trinajstić information content (AvgIpc) is 2.26. The summed E-state index contributed by atoms with van der Waals surface area (Å²) in [5, 5.41) is 3.13. The van der Waals surface area contributed by atoms with E-state index in [0.717, 1.165) is 6.07 Å². The highest BCUT2D eigenvalue weighted by atomic mass is 32.3. The van der Waals surface area contributed by atoms with Crippen LogP contribution in [0.5, 0.6) is 5.75 Å². The fourth-order valence-electron chi connectivity index (χ4n) is 1.41. The standard InChI is InChI=1S/C8H7F2N3O5S2/c1-5-6(4-12-13-11)2-7(18-20(10,16)17)3-8(5)19(9,14)15/h2-3H,4H2,1H3. The van der Waals surface area contributed by atoms with Gasteiger partial charge in [0.05, 0.1) is 6.54 Å². The van der Waals surface area contributed by atoms with Crippen LogP contribution in [0.25, 0.3) is 10.4 Å². The first-order valence-corrected chi connectivity index (χ1v) is 7.47. The quantitative estimate of drug-likeness (QED) is 0.354. The predicted octanol–water partition coefficient (Wildman–Crippen LogP) is 2.06. The van der Waals surface area contributed by atoms with E-state index in [1.165, 1.54) is 6.92 Å². The molecule has 1 aromatic rings. The number of hydrogen-bond acceptors (Lipinski definition) is 6. The first-order valence-electron chi connectivity index (χ1n) is 4.77. The van der Waals surface area contributed by atoms with Crippen LogP contribution in [0, 0.1) is 6.92 Å². The largest absolute Gasteiger partial charge is 0.488 e. The molecule has 0 bridgehead atoms. The topological polar surface area (TPSA) is 126 Å². The van der Waals surface area contributed by atoms with Crippen molar-refractivity contribution >= 4 is 20.7 Å². The fourth-order valence-corrected chi connectivity index (χ4v) is 2.49. The van der Waals surface area contributed by atoms with Gasteiger partial charge >= 0.3 is 20.7 Å². The Labute approximate surface area is 113 Å². The molecule has 0 spiro atoms. The molecule has 0 aliphatic rings. The van der Waals surface area contributed by atoms with Gasteiger partial charge in [-0.15, -0.1) is 3.89 Å². The van der Waals surface area contributed by atoms with Crippen molar-refractivity contribution < 1.29 is 28.8 Å². The van der Waals surface area contributed by atoms with E-state index in [4.69, 9.17) is 5.53 Å². The van der Waals surface area contributed by atoms with Gasteiger partial charge in [0.1, 0.15) is 10.6 Å². The van der Waals surface area contributed by atoms with Crippen LogP contribution >= 0.6 is 0 Å². The van der Waals surface area contributed by atoms with Crippen LogP contribution in [0.4, 0.5) is 7.77 Å². The van der Waals surface area contributed by atoms with Gasteiger partial charge in [-0.25, -0.2) is 0 Å². The lowest BCUT2D eigenvalue weighted by atomic mass is 10.1. The molecule has 0 heterocycles. The number of rotatable bonds is 5. The summed E-state index contributed by atoms with van der Waals surface area (Å²) >= 11 is 0. The Kier molecular flexibility index (Phi) is 4.53. The number of hydrogen-bond donors (Lipinski definition) is 0. The summed E-state index contributed by atoms with van der Waals surface area (Å²) in [6, 6.07) is 1.44. The van der Waals surface area contributed by atoms with Crippen molar-refractivity contribution in [1.82, 2.24) is 0 Å². The predicted molar refractivity (Wildman–Crippen MR) is 63.0 cm³/mol. The highest BCUT2D eigenvalue weighted by Gasteiger charge is 2.21. The molecule has 0 aliphatic heterocycles. The summed E-state index contributed by atoms with van der Waals surface area (Å²) < 4.78 is 71.9. The molecule has 0 N–H and O–H groups in total. The molecule has 110 valence electrons. The summed E-state index contributed by atoms with van der Waals surface area (Å²) in [5.41, 5.74) is 8.05. The lowest BCUT2D eigenvalue weighted by Gasteiger charge is -2.09. The zero-order chi connectivity index (χ0) is 15.6. The zero-order valence-corrected chi connectivity index (χ0v) is 11.5. The molecular weight excluding hydrogens is 320 g/mol. The van der Waals surface area contributed by atoms with Gasteiger partial charge in [-0.1, -0.05) is 9.00 Å². The molecule has 0 amide bonds. The lowest BCUT2D eigenvalue weighted by molar-refractivity contribution is 0.438. The zero-order valence-electron chi connectivity index (χ0n) is 9.82. The van der Waals surface area contributed by atoms with E-state index in [2.05, 4.69) is 14.2 Å². The van der Waals surface area contributed by atoms with Gasteiger partial charge in [0.25, 0.3) is 0 Å². The normalized spacial score (nSPS) is 11.8. The maximum atomic E-state index is 13.1. The second-order valence-electron chi connectivity index (χ2n) is 3.51. The van der Waals surface area contributed by atoms with Crippen LogP contribution in [-0.2, 0) is 27.3 Å². The van der Waals surface area contributed by atoms with Gasteiger partial charge in [-0.2, -0.15) is 16.8 Å². The van der Waals surface area contributed by atoms with E-state index in [0.29, 0.717) is 6.07 Å². The molecule has 0 aliphatic carbocycles. The minimum atomic E-state index is -5.41. The Morgan fingerprint density at radius 2 is 1.90 bits per heavy atom. The Hall–Kier alpha value is -1.91. The first kappa shape index (κ1) is 16.1. The van der Waals surface area contributed by atoms with Crippen molar-refractivity contribution in [3.8, 4) is 5.75 Å². The van der Waals surface area contributed by atoms with Crippen molar-refractivity contribution in [2.75, 3.05) is 0 Å². The molecule has 0 unspecified atom stereocenters. The van der Waals surface area contributed by atoms with Crippen molar-refractivity contribution in [3.63, 3.8) is 0 Å². The van der Waals surface area contributed by atoms with E-state index in [1.807, 2.05) is 0 Å². The van der Waals surface area contributed by atoms with Crippen molar-refractivity contribution in [3.05, 3.63) is 33.7 Å². The molecule has 0 fully saturated rings. The van der Waals surface area contributed by atoms with Crippen LogP contribution in [0.2, 0.25) is 0 Å². The van der Waals surface area contributed by atoms with Crippen molar-refractivity contribution in [1.29, 1.82) is 0 Å². The second-order valence-corrected chi connectivity index (χ2v) is 5.78. The Bertz CT molecular complexity index is 785. The Balaban J connectivity index is 3.53. The fraction of sp³-hybridized carbons (Fsp3) is 0.250. The molecule has 0 atom stereocenters. The Morgan fingerprint density at radius 1 is 1.30 bits per heavy atom. The summed E-state index contributed by atoms with van der Waals surface area (Å²) in [4.78, 5) is 1.52. The van der Waals surface area contributed by atoms with E-state index in [-0.39, 0.29) is 11.1 Å². The summed E-state index contributed by atoms with van der Waals surface area (Å²) in [6.07, 6.45) is 0. The lowest BCUT2D eigenvalue weighted by Crippen LogP contribution is -2.05. The third-order valence-electron chi connectivity index (χ3n) is 2.20. The maximum Gasteiger partial charge on any atom is 0.488 e. The van der Waals surface area contributed by atoms with E-state index in [1.54, 1.807) is 0 Å². The smallest absolute Gasteiger partial charge is 0.358 e. The molecule has 0 saturated heterocycles. The second kappa shape index (κ2) is 5.61. The molecule has 0 aromatic heterocycles. The third kappa shape index (κ3) is 4.33. The molecule has 1 rings (SSSR count). The van der Waals surface area contributed by atoms with Crippen LogP contribution in [-0.4, -0.2) is 16.8 Å². The van der Waals surface area contributed by atoms with Gasteiger partial charge in [0.2, 0.25) is 0 Å². The summed E-state index contributed by atoms with van der Waals surface area (Å²) in [7, 11) is -10.6. The number of nitrogens with zero attached hydrogens (tertiary/aromatic N) is 3. The highest BCUT2D eigenvalue weighted by molar-refractivity contribution is 7.86. The number of halogens is 2. The van der Waals surface area contributed by atoms with Crippen LogP contribution < -0.4 is 4.18 Å². The van der Waals surface area contributed by atoms with Crippen LogP contribution in [0.1, 0.15) is 11.1 Å². The molecule has 12 heteroatoms. The number of azide groups is 1. The van der Waals surface area contributed by atoms with Gasteiger partial charge < -0.3 is 4.18 Å². The molecule has 8 nitrogen and oxygen atoms in total. The van der Waals surface area contributed by atoms with Crippen LogP contribution in [0.3, 0.4) is 0 Å². The summed E-state index contributed by atoms with van der Waals surface area (Å²) in [5.74, 6) is -0.752. The minimum absolute atomic E-state index is 0.0276. The maximum absolute atomic E-state index is 13.1. The molecular formula is C8H7F2N3O5S2.